The summed E-state index contributed by atoms with van der Waals surface area (Å²) in [4.78, 5) is 20.0. The molecule has 3 nitrogen and oxygen atoms in total. The summed E-state index contributed by atoms with van der Waals surface area (Å²) >= 11 is 5.78. The van der Waals surface area contributed by atoms with Crippen molar-refractivity contribution in [3.05, 3.63) is 58.6 Å². The average molecular weight is 233 g/mol. The maximum absolute atomic E-state index is 12.0. The highest BCUT2D eigenvalue weighted by Gasteiger charge is 2.11. The van der Waals surface area contributed by atoms with Gasteiger partial charge in [0.15, 0.2) is 0 Å². The molecule has 4 heteroatoms. The van der Waals surface area contributed by atoms with Gasteiger partial charge in [0.2, 0.25) is 5.78 Å². The first-order chi connectivity index (χ1) is 7.66. The Kier molecular flexibility index (Phi) is 2.97. The van der Waals surface area contributed by atoms with E-state index in [0.717, 1.165) is 0 Å². The van der Waals surface area contributed by atoms with Crippen LogP contribution in [0.5, 0.6) is 0 Å². The highest BCUT2D eigenvalue weighted by molar-refractivity contribution is 6.29. The van der Waals surface area contributed by atoms with Crippen LogP contribution in [0.25, 0.3) is 0 Å². The second kappa shape index (κ2) is 4.41. The molecule has 16 heavy (non-hydrogen) atoms. The zero-order valence-corrected chi connectivity index (χ0v) is 9.40. The first kappa shape index (κ1) is 10.8. The molecule has 0 atom stereocenters. The zero-order valence-electron chi connectivity index (χ0n) is 8.64. The van der Waals surface area contributed by atoms with Crippen molar-refractivity contribution in [1.82, 2.24) is 9.97 Å². The molecule has 2 rings (SSSR count). The van der Waals surface area contributed by atoms with Crippen molar-refractivity contribution in [2.24, 2.45) is 0 Å². The van der Waals surface area contributed by atoms with Crippen molar-refractivity contribution < 1.29 is 4.79 Å². The van der Waals surface area contributed by atoms with E-state index in [1.165, 1.54) is 6.07 Å². The second-order valence-corrected chi connectivity index (χ2v) is 3.71. The molecule has 0 bridgehead atoms. The number of carbonyl (C=O) groups excluding carboxylic acids is 1. The van der Waals surface area contributed by atoms with E-state index in [1.807, 2.05) is 18.2 Å². The van der Waals surface area contributed by atoms with Gasteiger partial charge in [-0.2, -0.15) is 0 Å². The number of ketones is 1. The first-order valence-electron chi connectivity index (χ1n) is 4.78. The van der Waals surface area contributed by atoms with Gasteiger partial charge < -0.3 is 0 Å². The third-order valence-corrected chi connectivity index (χ3v) is 2.27. The molecule has 0 amide bonds. The lowest BCUT2D eigenvalue weighted by molar-refractivity contribution is 0.103. The first-order valence-corrected chi connectivity index (χ1v) is 5.15. The predicted octanol–water partition coefficient (Wildman–Crippen LogP) is 2.67. The van der Waals surface area contributed by atoms with E-state index in [1.54, 1.807) is 19.1 Å². The summed E-state index contributed by atoms with van der Waals surface area (Å²) in [5, 5.41) is 0.284. The van der Waals surface area contributed by atoms with Crippen LogP contribution in [0.1, 0.15) is 21.9 Å². The summed E-state index contributed by atoms with van der Waals surface area (Å²) in [6.07, 6.45) is 0. The molecular weight excluding hydrogens is 224 g/mol. The van der Waals surface area contributed by atoms with Gasteiger partial charge in [-0.05, 0) is 6.92 Å². The topological polar surface area (TPSA) is 42.9 Å². The van der Waals surface area contributed by atoms with Crippen molar-refractivity contribution >= 4 is 17.4 Å². The lowest BCUT2D eigenvalue weighted by atomic mass is 10.1. The smallest absolute Gasteiger partial charge is 0.211 e. The normalized spacial score (nSPS) is 10.1. The molecule has 0 aliphatic heterocycles. The minimum absolute atomic E-state index is 0.145. The SMILES string of the molecule is Cc1nc(Cl)cc(C(=O)c2ccccc2)n1. The monoisotopic (exact) mass is 232 g/mol. The van der Waals surface area contributed by atoms with Gasteiger partial charge in [-0.15, -0.1) is 0 Å². The molecule has 80 valence electrons. The summed E-state index contributed by atoms with van der Waals surface area (Å²) in [5.74, 6) is 0.347. The fourth-order valence-corrected chi connectivity index (χ4v) is 1.61. The molecule has 1 aromatic heterocycles. The van der Waals surface area contributed by atoms with Crippen LogP contribution < -0.4 is 0 Å². The highest BCUT2D eigenvalue weighted by atomic mass is 35.5. The van der Waals surface area contributed by atoms with Crippen LogP contribution >= 0.6 is 11.6 Å². The lowest BCUT2D eigenvalue weighted by Gasteiger charge is -2.01. The lowest BCUT2D eigenvalue weighted by Crippen LogP contribution is -2.06. The summed E-state index contributed by atoms with van der Waals surface area (Å²) in [7, 11) is 0. The Morgan fingerprint density at radius 1 is 1.19 bits per heavy atom. The van der Waals surface area contributed by atoms with Crippen LogP contribution in [0.2, 0.25) is 5.15 Å². The Hall–Kier alpha value is -1.74. The maximum atomic E-state index is 12.0. The molecule has 1 heterocycles. The molecule has 1 aromatic carbocycles. The number of rotatable bonds is 2. The zero-order chi connectivity index (χ0) is 11.5. The maximum Gasteiger partial charge on any atom is 0.211 e. The number of halogens is 1. The van der Waals surface area contributed by atoms with Crippen LogP contribution in [0, 0.1) is 6.92 Å². The fourth-order valence-electron chi connectivity index (χ4n) is 1.38. The van der Waals surface area contributed by atoms with Crippen LogP contribution in [0.3, 0.4) is 0 Å². The van der Waals surface area contributed by atoms with E-state index in [9.17, 15) is 4.79 Å². The average Bonchev–Trinajstić information content (AvgIpc) is 2.28. The van der Waals surface area contributed by atoms with E-state index in [2.05, 4.69) is 9.97 Å². The Balaban J connectivity index is 2.42. The molecule has 0 saturated carbocycles. The van der Waals surface area contributed by atoms with Crippen molar-refractivity contribution in [2.75, 3.05) is 0 Å². The van der Waals surface area contributed by atoms with Crippen LogP contribution in [0.4, 0.5) is 0 Å². The summed E-state index contributed by atoms with van der Waals surface area (Å²) in [6, 6.07) is 10.4. The van der Waals surface area contributed by atoms with Gasteiger partial charge in [-0.1, -0.05) is 41.9 Å². The van der Waals surface area contributed by atoms with Crippen LogP contribution in [-0.4, -0.2) is 15.8 Å². The molecule has 0 spiro atoms. The van der Waals surface area contributed by atoms with Gasteiger partial charge in [-0.3, -0.25) is 4.79 Å². The Bertz CT molecular complexity index is 506. The molecule has 2 aromatic rings. The van der Waals surface area contributed by atoms with Crippen molar-refractivity contribution in [3.63, 3.8) is 0 Å². The number of aromatic nitrogens is 2. The molecule has 0 unspecified atom stereocenters. The third-order valence-electron chi connectivity index (χ3n) is 2.08. The minimum atomic E-state index is -0.145. The molecule has 0 aliphatic carbocycles. The van der Waals surface area contributed by atoms with Gasteiger partial charge in [0.1, 0.15) is 16.7 Å². The Morgan fingerprint density at radius 2 is 1.88 bits per heavy atom. The Labute approximate surface area is 98.1 Å². The van der Waals surface area contributed by atoms with Crippen molar-refractivity contribution in [1.29, 1.82) is 0 Å². The number of benzene rings is 1. The summed E-state index contributed by atoms with van der Waals surface area (Å²) in [5.41, 5.74) is 0.917. The van der Waals surface area contributed by atoms with Crippen LogP contribution in [-0.2, 0) is 0 Å². The highest BCUT2D eigenvalue weighted by Crippen LogP contribution is 2.11. The number of carbonyl (C=O) groups is 1. The largest absolute Gasteiger partial charge is 0.287 e. The van der Waals surface area contributed by atoms with Gasteiger partial charge in [-0.25, -0.2) is 9.97 Å². The minimum Gasteiger partial charge on any atom is -0.287 e. The third kappa shape index (κ3) is 2.25. The molecule has 0 N–H and O–H groups in total. The number of hydrogen-bond acceptors (Lipinski definition) is 3. The molecule has 0 aliphatic rings. The van der Waals surface area contributed by atoms with Crippen molar-refractivity contribution in [3.8, 4) is 0 Å². The molecular formula is C12H9ClN2O. The number of aryl methyl sites for hydroxylation is 1. The van der Waals surface area contributed by atoms with Gasteiger partial charge in [0.25, 0.3) is 0 Å². The second-order valence-electron chi connectivity index (χ2n) is 3.32. The quantitative estimate of drug-likeness (QED) is 0.591. The van der Waals surface area contributed by atoms with Crippen LogP contribution in [0.15, 0.2) is 36.4 Å². The summed E-state index contributed by atoms with van der Waals surface area (Å²) in [6.45, 7) is 1.70. The van der Waals surface area contributed by atoms with Gasteiger partial charge >= 0.3 is 0 Å². The number of hydrogen-bond donors (Lipinski definition) is 0. The Morgan fingerprint density at radius 3 is 2.50 bits per heavy atom. The van der Waals surface area contributed by atoms with Crippen molar-refractivity contribution in [2.45, 2.75) is 6.92 Å². The molecule has 0 saturated heterocycles. The molecule has 0 fully saturated rings. The van der Waals surface area contributed by atoms with Gasteiger partial charge in [0.05, 0.1) is 0 Å². The molecule has 0 radical (unpaired) electrons. The predicted molar refractivity (Wildman–Crippen MR) is 61.7 cm³/mol. The standard InChI is InChI=1S/C12H9ClN2O/c1-8-14-10(7-11(13)15-8)12(16)9-5-3-2-4-6-9/h2-7H,1H3. The number of nitrogens with zero attached hydrogens (tertiary/aromatic N) is 2. The fraction of sp³-hybridized carbons (Fsp3) is 0.0833. The van der Waals surface area contributed by atoms with Gasteiger partial charge in [0, 0.05) is 11.6 Å². The van der Waals surface area contributed by atoms with E-state index < -0.39 is 0 Å². The van der Waals surface area contributed by atoms with E-state index in [-0.39, 0.29) is 10.9 Å². The van der Waals surface area contributed by atoms with E-state index in [4.69, 9.17) is 11.6 Å². The summed E-state index contributed by atoms with van der Waals surface area (Å²) < 4.78 is 0. The van der Waals surface area contributed by atoms with E-state index in [0.29, 0.717) is 17.1 Å². The van der Waals surface area contributed by atoms with E-state index >= 15 is 0 Å².